The molecule has 1 aromatic carbocycles. The summed E-state index contributed by atoms with van der Waals surface area (Å²) in [6, 6.07) is 8.45. The lowest BCUT2D eigenvalue weighted by Gasteiger charge is -2.27. The van der Waals surface area contributed by atoms with Crippen LogP contribution in [0.2, 0.25) is 4.34 Å². The van der Waals surface area contributed by atoms with Crippen LogP contribution in [0.25, 0.3) is 0 Å². The van der Waals surface area contributed by atoms with Gasteiger partial charge in [0.25, 0.3) is 17.7 Å². The fourth-order valence-electron chi connectivity index (χ4n) is 3.03. The minimum Gasteiger partial charge on any atom is -0.444 e. The Hall–Kier alpha value is -3.15. The van der Waals surface area contributed by atoms with E-state index in [1.807, 2.05) is 0 Å². The van der Waals surface area contributed by atoms with Crippen molar-refractivity contribution in [3.8, 4) is 0 Å². The van der Waals surface area contributed by atoms with Crippen LogP contribution < -0.4 is 21.3 Å². The molecule has 1 aliphatic heterocycles. The van der Waals surface area contributed by atoms with Crippen molar-refractivity contribution in [1.82, 2.24) is 5.32 Å². The van der Waals surface area contributed by atoms with Crippen molar-refractivity contribution in [2.75, 3.05) is 30.0 Å². The Morgan fingerprint density at radius 3 is 2.53 bits per heavy atom. The van der Waals surface area contributed by atoms with Crippen LogP contribution in [0.3, 0.4) is 0 Å². The lowest BCUT2D eigenvalue weighted by atomic mass is 10.1. The number of halogens is 1. The zero-order valence-corrected chi connectivity index (χ0v) is 18.6. The summed E-state index contributed by atoms with van der Waals surface area (Å²) in [5.74, 6) is -1.32. The molecule has 0 bridgehead atoms. The van der Waals surface area contributed by atoms with E-state index in [1.54, 1.807) is 35.2 Å². The Morgan fingerprint density at radius 1 is 1.22 bits per heavy atom. The molecule has 1 aliphatic rings. The number of rotatable bonds is 7. The van der Waals surface area contributed by atoms with Crippen molar-refractivity contribution >= 4 is 58.1 Å². The highest BCUT2D eigenvalue weighted by Gasteiger charge is 2.30. The van der Waals surface area contributed by atoms with E-state index in [-0.39, 0.29) is 12.5 Å². The van der Waals surface area contributed by atoms with Crippen LogP contribution in [-0.4, -0.2) is 55.7 Å². The van der Waals surface area contributed by atoms with Crippen molar-refractivity contribution in [1.29, 1.82) is 0 Å². The van der Waals surface area contributed by atoms with Gasteiger partial charge in [0.15, 0.2) is 0 Å². The van der Waals surface area contributed by atoms with Gasteiger partial charge in [-0.2, -0.15) is 0 Å². The number of hydrogen-bond donors (Lipinski definition) is 3. The Balaban J connectivity index is 1.71. The highest BCUT2D eigenvalue weighted by atomic mass is 35.5. The first-order valence-corrected chi connectivity index (χ1v) is 10.8. The summed E-state index contributed by atoms with van der Waals surface area (Å²) in [5.41, 5.74) is 6.15. The molecule has 1 aromatic heterocycles. The highest BCUT2D eigenvalue weighted by molar-refractivity contribution is 7.18. The number of ether oxygens (including phenoxy) is 2. The summed E-state index contributed by atoms with van der Waals surface area (Å²) in [7, 11) is 0. The van der Waals surface area contributed by atoms with Gasteiger partial charge in [-0.05, 0) is 43.3 Å². The molecule has 1 saturated heterocycles. The van der Waals surface area contributed by atoms with Gasteiger partial charge in [0.2, 0.25) is 0 Å². The zero-order valence-electron chi connectivity index (χ0n) is 17.0. The van der Waals surface area contributed by atoms with E-state index >= 15 is 0 Å². The molecular formula is C20H21ClN4O6S. The predicted octanol–water partition coefficient (Wildman–Crippen LogP) is 1.99. The number of nitrogens with one attached hydrogen (secondary N) is 2. The van der Waals surface area contributed by atoms with Crippen molar-refractivity contribution < 1.29 is 28.7 Å². The maximum atomic E-state index is 12.9. The monoisotopic (exact) mass is 480 g/mol. The minimum atomic E-state index is -1.23. The fourth-order valence-corrected chi connectivity index (χ4v) is 3.98. The van der Waals surface area contributed by atoms with Gasteiger partial charge in [0.1, 0.15) is 18.8 Å². The number of primary amides is 1. The summed E-state index contributed by atoms with van der Waals surface area (Å²) < 4.78 is 10.4. The van der Waals surface area contributed by atoms with Crippen molar-refractivity contribution in [3.63, 3.8) is 0 Å². The van der Waals surface area contributed by atoms with Gasteiger partial charge in [0.05, 0.1) is 15.8 Å². The van der Waals surface area contributed by atoms with Crippen LogP contribution in [0.5, 0.6) is 0 Å². The first kappa shape index (κ1) is 23.5. The average molecular weight is 481 g/mol. The molecule has 1 fully saturated rings. The molecule has 32 heavy (non-hydrogen) atoms. The predicted molar refractivity (Wildman–Crippen MR) is 119 cm³/mol. The normalized spacial score (nSPS) is 15.6. The number of carbonyl (C=O) groups excluding carboxylic acids is 4. The summed E-state index contributed by atoms with van der Waals surface area (Å²) >= 11 is 6.90. The number of thiophene rings is 1. The number of nitrogens with two attached hydrogens (primary N) is 1. The molecule has 12 heteroatoms. The highest BCUT2D eigenvalue weighted by Crippen LogP contribution is 2.22. The number of carbonyl (C=O) groups is 4. The fraction of sp³-hybridized carbons (Fsp3) is 0.300. The third-order valence-corrected chi connectivity index (χ3v) is 5.80. The number of anilines is 2. The molecule has 0 radical (unpaired) electrons. The zero-order chi connectivity index (χ0) is 23.3. The Labute approximate surface area is 192 Å². The molecule has 2 aromatic rings. The maximum absolute atomic E-state index is 12.9. The Morgan fingerprint density at radius 2 is 1.94 bits per heavy atom. The number of nitrogens with zero attached hydrogens (tertiary/aromatic N) is 1. The molecule has 0 spiro atoms. The van der Waals surface area contributed by atoms with Gasteiger partial charge in [-0.3, -0.25) is 14.4 Å². The number of hydrogen-bond acceptors (Lipinski definition) is 7. The lowest BCUT2D eigenvalue weighted by molar-refractivity contribution is -0.125. The first-order valence-electron chi connectivity index (χ1n) is 9.56. The molecule has 0 saturated carbocycles. The summed E-state index contributed by atoms with van der Waals surface area (Å²) in [6.45, 7) is 2.34. The molecular weight excluding hydrogens is 460 g/mol. The van der Waals surface area contributed by atoms with E-state index in [0.717, 1.165) is 11.3 Å². The largest absolute Gasteiger partial charge is 0.444 e. The molecule has 170 valence electrons. The molecule has 0 aliphatic carbocycles. The van der Waals surface area contributed by atoms with Crippen LogP contribution in [0.1, 0.15) is 16.6 Å². The Kier molecular flexibility index (Phi) is 7.67. The van der Waals surface area contributed by atoms with E-state index in [4.69, 9.17) is 26.8 Å². The standard InChI is InChI=1S/C20H21ClN4O6S/c1-11(31-20(22)29)17(24-18(27)14-6-7-15(21)32-14)19(28)23-12-2-4-13(5-3-12)25-8-9-30-10-16(25)26/h2-7,11,17H,8-10H2,1H3,(H2,22,29)(H,23,28)(H,24,27)/t11-,17-/m1/s1. The van der Waals surface area contributed by atoms with Gasteiger partial charge in [-0.25, -0.2) is 4.79 Å². The SMILES string of the molecule is C[C@@H](OC(N)=O)[C@@H](NC(=O)c1ccc(Cl)s1)C(=O)Nc1ccc(N2CCOCC2=O)cc1. The van der Waals surface area contributed by atoms with Crippen LogP contribution >= 0.6 is 22.9 Å². The Bertz CT molecular complexity index is 1010. The second kappa shape index (κ2) is 10.4. The second-order valence-electron chi connectivity index (χ2n) is 6.83. The van der Waals surface area contributed by atoms with Crippen molar-refractivity contribution in [3.05, 3.63) is 45.6 Å². The lowest BCUT2D eigenvalue weighted by Crippen LogP contribution is -2.51. The smallest absolute Gasteiger partial charge is 0.404 e. The van der Waals surface area contributed by atoms with Crippen molar-refractivity contribution in [2.45, 2.75) is 19.1 Å². The number of benzene rings is 1. The van der Waals surface area contributed by atoms with Crippen LogP contribution in [0.15, 0.2) is 36.4 Å². The van der Waals surface area contributed by atoms with Crippen molar-refractivity contribution in [2.24, 2.45) is 5.73 Å². The first-order chi connectivity index (χ1) is 15.2. The molecule has 2 heterocycles. The third-order valence-electron chi connectivity index (χ3n) is 4.57. The summed E-state index contributed by atoms with van der Waals surface area (Å²) in [5, 5.41) is 5.20. The van der Waals surface area contributed by atoms with E-state index in [9.17, 15) is 19.2 Å². The second-order valence-corrected chi connectivity index (χ2v) is 8.55. The molecule has 10 nitrogen and oxygen atoms in total. The average Bonchev–Trinajstić information content (AvgIpc) is 3.18. The van der Waals surface area contributed by atoms with Gasteiger partial charge in [-0.15, -0.1) is 11.3 Å². The maximum Gasteiger partial charge on any atom is 0.404 e. The molecule has 4 amide bonds. The van der Waals surface area contributed by atoms with Gasteiger partial charge in [0, 0.05) is 17.9 Å². The van der Waals surface area contributed by atoms with Crippen LogP contribution in [-0.2, 0) is 19.1 Å². The van der Waals surface area contributed by atoms with Gasteiger partial charge < -0.3 is 30.7 Å². The topological polar surface area (TPSA) is 140 Å². The quantitative estimate of drug-likeness (QED) is 0.553. The minimum absolute atomic E-state index is 0.0209. The molecule has 2 atom stereocenters. The van der Waals surface area contributed by atoms with Gasteiger partial charge >= 0.3 is 6.09 Å². The van der Waals surface area contributed by atoms with E-state index in [0.29, 0.717) is 33.7 Å². The van der Waals surface area contributed by atoms with Crippen LogP contribution in [0, 0.1) is 0 Å². The third kappa shape index (κ3) is 5.96. The number of morpholine rings is 1. The van der Waals surface area contributed by atoms with E-state index in [2.05, 4.69) is 10.6 Å². The summed E-state index contributed by atoms with van der Waals surface area (Å²) in [6.07, 6.45) is -2.12. The van der Waals surface area contributed by atoms with Crippen LogP contribution in [0.4, 0.5) is 16.2 Å². The molecule has 0 unspecified atom stereocenters. The van der Waals surface area contributed by atoms with E-state index in [1.165, 1.54) is 13.0 Å². The molecule has 4 N–H and O–H groups in total. The van der Waals surface area contributed by atoms with Gasteiger partial charge in [-0.1, -0.05) is 11.6 Å². The molecule has 3 rings (SSSR count). The summed E-state index contributed by atoms with van der Waals surface area (Å²) in [4.78, 5) is 50.4. The van der Waals surface area contributed by atoms with E-state index < -0.39 is 30.1 Å². The number of amides is 4.